The molecule has 2 aromatic heterocycles. The second-order valence-corrected chi connectivity index (χ2v) is 8.66. The average Bonchev–Trinajstić information content (AvgIpc) is 3.21. The first-order valence-corrected chi connectivity index (χ1v) is 11.1. The van der Waals surface area contributed by atoms with Gasteiger partial charge >= 0.3 is 0 Å². The number of aromatic nitrogens is 2. The molecule has 0 radical (unpaired) electrons. The molecule has 0 saturated carbocycles. The second-order valence-electron chi connectivity index (χ2n) is 7.87. The van der Waals surface area contributed by atoms with Gasteiger partial charge in [0.1, 0.15) is 0 Å². The first kappa shape index (κ1) is 20.9. The molecule has 0 aliphatic carbocycles. The summed E-state index contributed by atoms with van der Waals surface area (Å²) < 4.78 is 2.30. The van der Waals surface area contributed by atoms with Gasteiger partial charge in [0, 0.05) is 34.8 Å². The maximum Gasteiger partial charge on any atom is 0.170 e. The van der Waals surface area contributed by atoms with Gasteiger partial charge in [-0.25, -0.2) is 0 Å². The number of nitrogens with zero attached hydrogens (tertiary/aromatic N) is 3. The van der Waals surface area contributed by atoms with Crippen LogP contribution in [0.2, 0.25) is 5.02 Å². The molecule has 30 heavy (non-hydrogen) atoms. The lowest BCUT2D eigenvalue weighted by atomic mass is 9.96. The minimum atomic E-state index is 0.0136. The molecule has 3 heterocycles. The average molecular weight is 439 g/mol. The van der Waals surface area contributed by atoms with Crippen molar-refractivity contribution in [2.45, 2.75) is 46.2 Å². The third kappa shape index (κ3) is 3.50. The van der Waals surface area contributed by atoms with Crippen LogP contribution in [0.4, 0.5) is 0 Å². The van der Waals surface area contributed by atoms with Gasteiger partial charge in [-0.1, -0.05) is 30.7 Å². The Labute approximate surface area is 188 Å². The van der Waals surface area contributed by atoms with Crippen LogP contribution in [0.5, 0.6) is 0 Å². The fraction of sp³-hybridized carbons (Fsp3) is 0.333. The van der Waals surface area contributed by atoms with E-state index < -0.39 is 0 Å². The van der Waals surface area contributed by atoms with Gasteiger partial charge in [0.15, 0.2) is 5.11 Å². The molecule has 3 aromatic rings. The van der Waals surface area contributed by atoms with Gasteiger partial charge in [-0.3, -0.25) is 4.98 Å². The lowest BCUT2D eigenvalue weighted by Gasteiger charge is -2.28. The molecule has 2 atom stereocenters. The van der Waals surface area contributed by atoms with Crippen molar-refractivity contribution in [1.29, 1.82) is 0 Å². The zero-order valence-corrected chi connectivity index (χ0v) is 19.4. The number of hydrogen-bond acceptors (Lipinski definition) is 2. The fourth-order valence-electron chi connectivity index (χ4n) is 4.52. The summed E-state index contributed by atoms with van der Waals surface area (Å²) in [6.07, 6.45) is 2.87. The fourth-order valence-corrected chi connectivity index (χ4v) is 5.02. The summed E-state index contributed by atoms with van der Waals surface area (Å²) in [6.45, 7) is 9.50. The number of halogens is 1. The Hall–Kier alpha value is -2.37. The van der Waals surface area contributed by atoms with Crippen LogP contribution in [0.25, 0.3) is 5.69 Å². The molecule has 6 heteroatoms. The molecular weight excluding hydrogens is 412 g/mol. The van der Waals surface area contributed by atoms with Gasteiger partial charge in [0.05, 0.1) is 17.8 Å². The van der Waals surface area contributed by atoms with Crippen molar-refractivity contribution < 1.29 is 0 Å². The highest BCUT2D eigenvalue weighted by molar-refractivity contribution is 7.80. The molecule has 156 valence electrons. The molecule has 1 aromatic carbocycles. The molecule has 1 saturated heterocycles. The van der Waals surface area contributed by atoms with Crippen molar-refractivity contribution in [3.05, 3.63) is 81.9 Å². The number of nitrogens with one attached hydrogen (secondary N) is 1. The Morgan fingerprint density at radius 1 is 1.13 bits per heavy atom. The predicted octanol–water partition coefficient (Wildman–Crippen LogP) is 5.83. The summed E-state index contributed by atoms with van der Waals surface area (Å²) in [7, 11) is 0. The highest BCUT2D eigenvalue weighted by Gasteiger charge is 2.41. The van der Waals surface area contributed by atoms with Crippen molar-refractivity contribution in [3.63, 3.8) is 0 Å². The molecule has 1 aliphatic heterocycles. The topological polar surface area (TPSA) is 33.1 Å². The zero-order valence-electron chi connectivity index (χ0n) is 17.8. The van der Waals surface area contributed by atoms with Crippen molar-refractivity contribution in [2.24, 2.45) is 0 Å². The molecule has 0 bridgehead atoms. The van der Waals surface area contributed by atoms with E-state index >= 15 is 0 Å². The Balaban J connectivity index is 1.86. The maximum atomic E-state index is 6.43. The number of benzene rings is 1. The van der Waals surface area contributed by atoms with E-state index in [9.17, 15) is 0 Å². The van der Waals surface area contributed by atoms with Gasteiger partial charge in [-0.15, -0.1) is 0 Å². The molecule has 1 fully saturated rings. The van der Waals surface area contributed by atoms with E-state index in [1.54, 1.807) is 0 Å². The number of hydrogen-bond donors (Lipinski definition) is 1. The van der Waals surface area contributed by atoms with Crippen molar-refractivity contribution >= 4 is 28.9 Å². The molecule has 4 nitrogen and oxygen atoms in total. The van der Waals surface area contributed by atoms with E-state index in [2.05, 4.69) is 65.7 Å². The first-order chi connectivity index (χ1) is 14.4. The Kier molecular flexibility index (Phi) is 5.85. The second kappa shape index (κ2) is 8.40. The van der Waals surface area contributed by atoms with E-state index in [1.807, 2.05) is 30.5 Å². The molecule has 2 unspecified atom stereocenters. The van der Waals surface area contributed by atoms with Crippen LogP contribution in [0.1, 0.15) is 53.6 Å². The van der Waals surface area contributed by atoms with Crippen LogP contribution in [-0.2, 0) is 0 Å². The summed E-state index contributed by atoms with van der Waals surface area (Å²) in [5.41, 5.74) is 6.86. The number of aryl methyl sites for hydroxylation is 1. The molecule has 0 spiro atoms. The largest absolute Gasteiger partial charge is 0.352 e. The number of pyridine rings is 1. The minimum Gasteiger partial charge on any atom is -0.352 e. The quantitative estimate of drug-likeness (QED) is 0.508. The van der Waals surface area contributed by atoms with Crippen LogP contribution < -0.4 is 5.32 Å². The molecule has 1 N–H and O–H groups in total. The SMILES string of the molecule is CCCN1C(=S)NC(c2ccccn2)C1c1cc(C)n(-c2cccc(Cl)c2C)c1C. The van der Waals surface area contributed by atoms with Crippen LogP contribution in [0, 0.1) is 20.8 Å². The molecule has 4 rings (SSSR count). The van der Waals surface area contributed by atoms with Gasteiger partial charge in [-0.2, -0.15) is 0 Å². The maximum absolute atomic E-state index is 6.43. The Morgan fingerprint density at radius 2 is 1.93 bits per heavy atom. The summed E-state index contributed by atoms with van der Waals surface area (Å²) in [6, 6.07) is 14.5. The molecule has 0 amide bonds. The third-order valence-corrected chi connectivity index (χ3v) is 6.69. The summed E-state index contributed by atoms with van der Waals surface area (Å²) in [5, 5.41) is 5.11. The molecular formula is C24H27ClN4S. The summed E-state index contributed by atoms with van der Waals surface area (Å²) >= 11 is 12.2. The third-order valence-electron chi connectivity index (χ3n) is 5.93. The number of thiocarbonyl (C=S) groups is 1. The van der Waals surface area contributed by atoms with Gasteiger partial charge < -0.3 is 14.8 Å². The predicted molar refractivity (Wildman–Crippen MR) is 127 cm³/mol. The van der Waals surface area contributed by atoms with E-state index in [1.165, 1.54) is 17.0 Å². The number of rotatable bonds is 5. The van der Waals surface area contributed by atoms with Crippen LogP contribution in [0.15, 0.2) is 48.7 Å². The smallest absolute Gasteiger partial charge is 0.170 e. The monoisotopic (exact) mass is 438 g/mol. The standard InChI is InChI=1S/C24H27ClN4S/c1-5-13-28-23(22(27-24(28)30)20-10-6-7-12-26-20)18-14-15(2)29(17(18)4)21-11-8-9-19(25)16(21)3/h6-12,14,22-23H,5,13H2,1-4H3,(H,27,30). The van der Waals surface area contributed by atoms with Crippen molar-refractivity contribution in [2.75, 3.05) is 6.54 Å². The lowest BCUT2D eigenvalue weighted by Crippen LogP contribution is -2.30. The van der Waals surface area contributed by atoms with E-state index in [0.717, 1.165) is 40.0 Å². The van der Waals surface area contributed by atoms with Gasteiger partial charge in [0.2, 0.25) is 0 Å². The minimum absolute atomic E-state index is 0.0136. The van der Waals surface area contributed by atoms with E-state index in [-0.39, 0.29) is 12.1 Å². The van der Waals surface area contributed by atoms with Crippen molar-refractivity contribution in [1.82, 2.24) is 19.8 Å². The highest BCUT2D eigenvalue weighted by atomic mass is 35.5. The lowest BCUT2D eigenvalue weighted by molar-refractivity contribution is 0.316. The van der Waals surface area contributed by atoms with Crippen LogP contribution >= 0.6 is 23.8 Å². The molecule has 1 aliphatic rings. The van der Waals surface area contributed by atoms with Gasteiger partial charge in [0.25, 0.3) is 0 Å². The summed E-state index contributed by atoms with van der Waals surface area (Å²) in [5.74, 6) is 0. The zero-order chi connectivity index (χ0) is 21.4. The van der Waals surface area contributed by atoms with Gasteiger partial charge in [-0.05, 0) is 80.9 Å². The summed E-state index contributed by atoms with van der Waals surface area (Å²) in [4.78, 5) is 6.95. The highest BCUT2D eigenvalue weighted by Crippen LogP contribution is 2.41. The first-order valence-electron chi connectivity index (χ1n) is 10.4. The Morgan fingerprint density at radius 3 is 2.63 bits per heavy atom. The van der Waals surface area contributed by atoms with E-state index in [4.69, 9.17) is 23.8 Å². The van der Waals surface area contributed by atoms with Crippen molar-refractivity contribution in [3.8, 4) is 5.69 Å². The van der Waals surface area contributed by atoms with Crippen LogP contribution in [0.3, 0.4) is 0 Å². The normalized spacial score (nSPS) is 18.7. The van der Waals surface area contributed by atoms with E-state index in [0.29, 0.717) is 0 Å². The van der Waals surface area contributed by atoms with Crippen LogP contribution in [-0.4, -0.2) is 26.1 Å². The Bertz CT molecular complexity index is 1080.